The molecule has 0 aromatic heterocycles. The summed E-state index contributed by atoms with van der Waals surface area (Å²) < 4.78 is 10.6. The molecule has 98 valence electrons. The second kappa shape index (κ2) is 6.84. The quantitative estimate of drug-likeness (QED) is 0.774. The summed E-state index contributed by atoms with van der Waals surface area (Å²) in [6.45, 7) is 3.58. The highest BCUT2D eigenvalue weighted by molar-refractivity contribution is 5.75. The van der Waals surface area contributed by atoms with Gasteiger partial charge in [-0.05, 0) is 38.0 Å². The van der Waals surface area contributed by atoms with Crippen molar-refractivity contribution in [1.29, 1.82) is 0 Å². The Hall–Kier alpha value is -1.77. The van der Waals surface area contributed by atoms with Gasteiger partial charge in [-0.15, -0.1) is 0 Å². The molecule has 0 radical (unpaired) electrons. The Balaban J connectivity index is 2.89. The first kappa shape index (κ1) is 14.3. The van der Waals surface area contributed by atoms with Gasteiger partial charge in [-0.3, -0.25) is 0 Å². The zero-order valence-electron chi connectivity index (χ0n) is 11.4. The van der Waals surface area contributed by atoms with Crippen LogP contribution in [0.4, 0.5) is 0 Å². The van der Waals surface area contributed by atoms with E-state index in [2.05, 4.69) is 0 Å². The standard InChI is InChI=1S/C15H20O3/c1-11-9-15(18-4)13(10-14(11)17-3)8-6-5-7-12(2)16/h6,8-10H,5,7H2,1-4H3/b8-6+. The fourth-order valence-electron chi connectivity index (χ4n) is 1.70. The molecule has 0 aliphatic carbocycles. The summed E-state index contributed by atoms with van der Waals surface area (Å²) in [7, 11) is 3.30. The van der Waals surface area contributed by atoms with Crippen LogP contribution in [0.5, 0.6) is 11.5 Å². The van der Waals surface area contributed by atoms with Crippen LogP contribution in [0.1, 0.15) is 30.9 Å². The van der Waals surface area contributed by atoms with E-state index in [1.165, 1.54) is 0 Å². The predicted molar refractivity (Wildman–Crippen MR) is 73.2 cm³/mol. The topological polar surface area (TPSA) is 35.5 Å². The molecule has 1 rings (SSSR count). The van der Waals surface area contributed by atoms with Crippen molar-refractivity contribution in [2.24, 2.45) is 0 Å². The van der Waals surface area contributed by atoms with Crippen LogP contribution in [-0.2, 0) is 4.79 Å². The summed E-state index contributed by atoms with van der Waals surface area (Å²) in [5, 5.41) is 0. The minimum atomic E-state index is 0.202. The number of benzene rings is 1. The van der Waals surface area contributed by atoms with Crippen LogP contribution in [0.2, 0.25) is 0 Å². The number of methoxy groups -OCH3 is 2. The van der Waals surface area contributed by atoms with Crippen molar-refractivity contribution < 1.29 is 14.3 Å². The second-order valence-electron chi connectivity index (χ2n) is 4.21. The minimum Gasteiger partial charge on any atom is -0.496 e. The predicted octanol–water partition coefficient (Wildman–Crippen LogP) is 3.39. The maximum Gasteiger partial charge on any atom is 0.130 e. The van der Waals surface area contributed by atoms with Crippen molar-refractivity contribution >= 4 is 11.9 Å². The molecule has 0 saturated carbocycles. The van der Waals surface area contributed by atoms with E-state index in [0.717, 1.165) is 29.0 Å². The molecule has 0 amide bonds. The van der Waals surface area contributed by atoms with Crippen LogP contribution < -0.4 is 9.47 Å². The van der Waals surface area contributed by atoms with Gasteiger partial charge < -0.3 is 14.3 Å². The molecule has 0 aliphatic rings. The van der Waals surface area contributed by atoms with Gasteiger partial charge in [0.1, 0.15) is 17.3 Å². The molecule has 0 bridgehead atoms. The minimum absolute atomic E-state index is 0.202. The van der Waals surface area contributed by atoms with Gasteiger partial charge in [-0.25, -0.2) is 0 Å². The van der Waals surface area contributed by atoms with E-state index in [9.17, 15) is 4.79 Å². The Labute approximate surface area is 108 Å². The summed E-state index contributed by atoms with van der Waals surface area (Å²) in [5.41, 5.74) is 2.00. The van der Waals surface area contributed by atoms with Gasteiger partial charge in [0.05, 0.1) is 14.2 Å². The Morgan fingerprint density at radius 2 is 1.89 bits per heavy atom. The van der Waals surface area contributed by atoms with Crippen molar-refractivity contribution in [2.75, 3.05) is 14.2 Å². The van der Waals surface area contributed by atoms with Gasteiger partial charge in [0.15, 0.2) is 0 Å². The van der Waals surface area contributed by atoms with Crippen LogP contribution in [0.25, 0.3) is 6.08 Å². The SMILES string of the molecule is COc1cc(/C=C/CCC(C)=O)c(OC)cc1C. The lowest BCUT2D eigenvalue weighted by atomic mass is 10.1. The fourth-order valence-corrected chi connectivity index (χ4v) is 1.70. The summed E-state index contributed by atoms with van der Waals surface area (Å²) in [5.74, 6) is 1.85. The number of Topliss-reactive ketones (excluding diaryl/α,β-unsaturated/α-hetero) is 1. The Morgan fingerprint density at radius 1 is 1.22 bits per heavy atom. The Kier molecular flexibility index (Phi) is 5.43. The van der Waals surface area contributed by atoms with E-state index in [1.807, 2.05) is 31.2 Å². The average molecular weight is 248 g/mol. The lowest BCUT2D eigenvalue weighted by Crippen LogP contribution is -1.93. The molecular formula is C15H20O3. The number of ether oxygens (including phenoxy) is 2. The normalized spacial score (nSPS) is 10.7. The molecule has 0 aliphatic heterocycles. The maximum absolute atomic E-state index is 10.8. The van der Waals surface area contributed by atoms with Crippen molar-refractivity contribution in [3.05, 3.63) is 29.3 Å². The zero-order valence-corrected chi connectivity index (χ0v) is 11.4. The van der Waals surface area contributed by atoms with Crippen LogP contribution >= 0.6 is 0 Å². The maximum atomic E-state index is 10.8. The zero-order chi connectivity index (χ0) is 13.5. The highest BCUT2D eigenvalue weighted by Gasteiger charge is 2.05. The molecule has 0 N–H and O–H groups in total. The smallest absolute Gasteiger partial charge is 0.130 e. The van der Waals surface area contributed by atoms with Crippen LogP contribution in [-0.4, -0.2) is 20.0 Å². The molecule has 3 nitrogen and oxygen atoms in total. The monoisotopic (exact) mass is 248 g/mol. The number of aryl methyl sites for hydroxylation is 1. The third-order valence-electron chi connectivity index (χ3n) is 2.71. The molecule has 1 aromatic carbocycles. The van der Waals surface area contributed by atoms with Crippen molar-refractivity contribution in [3.8, 4) is 11.5 Å². The van der Waals surface area contributed by atoms with Gasteiger partial charge in [0.25, 0.3) is 0 Å². The lowest BCUT2D eigenvalue weighted by Gasteiger charge is -2.10. The van der Waals surface area contributed by atoms with E-state index in [4.69, 9.17) is 9.47 Å². The van der Waals surface area contributed by atoms with Gasteiger partial charge in [0, 0.05) is 12.0 Å². The first-order valence-corrected chi connectivity index (χ1v) is 5.97. The first-order valence-electron chi connectivity index (χ1n) is 5.97. The number of rotatable bonds is 6. The molecule has 0 fully saturated rings. The van der Waals surface area contributed by atoms with Crippen molar-refractivity contribution in [3.63, 3.8) is 0 Å². The van der Waals surface area contributed by atoms with Crippen molar-refractivity contribution in [2.45, 2.75) is 26.7 Å². The van der Waals surface area contributed by atoms with Crippen LogP contribution in [0, 0.1) is 6.92 Å². The van der Waals surface area contributed by atoms with Gasteiger partial charge in [0.2, 0.25) is 0 Å². The van der Waals surface area contributed by atoms with Crippen molar-refractivity contribution in [1.82, 2.24) is 0 Å². The van der Waals surface area contributed by atoms with Gasteiger partial charge in [-0.1, -0.05) is 12.2 Å². The molecular weight excluding hydrogens is 228 g/mol. The lowest BCUT2D eigenvalue weighted by molar-refractivity contribution is -0.116. The molecule has 18 heavy (non-hydrogen) atoms. The first-order chi connectivity index (χ1) is 8.58. The van der Waals surface area contributed by atoms with Crippen LogP contribution in [0.3, 0.4) is 0 Å². The molecule has 1 aromatic rings. The number of carbonyl (C=O) groups is 1. The molecule has 0 saturated heterocycles. The number of allylic oxidation sites excluding steroid dienone is 1. The Bertz CT molecular complexity index is 447. The Morgan fingerprint density at radius 3 is 2.44 bits per heavy atom. The highest BCUT2D eigenvalue weighted by atomic mass is 16.5. The van der Waals surface area contributed by atoms with Gasteiger partial charge in [-0.2, -0.15) is 0 Å². The summed E-state index contributed by atoms with van der Waals surface area (Å²) >= 11 is 0. The molecule has 3 heteroatoms. The van der Waals surface area contributed by atoms with E-state index < -0.39 is 0 Å². The van der Waals surface area contributed by atoms with E-state index in [1.54, 1.807) is 21.1 Å². The van der Waals surface area contributed by atoms with E-state index in [0.29, 0.717) is 6.42 Å². The number of ketones is 1. The third-order valence-corrected chi connectivity index (χ3v) is 2.71. The number of hydrogen-bond donors (Lipinski definition) is 0. The number of carbonyl (C=O) groups excluding carboxylic acids is 1. The van der Waals surface area contributed by atoms with Gasteiger partial charge >= 0.3 is 0 Å². The number of hydrogen-bond acceptors (Lipinski definition) is 3. The largest absolute Gasteiger partial charge is 0.496 e. The third kappa shape index (κ3) is 3.91. The summed E-state index contributed by atoms with van der Waals surface area (Å²) in [4.78, 5) is 10.8. The summed E-state index contributed by atoms with van der Waals surface area (Å²) in [6, 6.07) is 3.89. The summed E-state index contributed by atoms with van der Waals surface area (Å²) in [6.07, 6.45) is 5.26. The molecule has 0 heterocycles. The van der Waals surface area contributed by atoms with Crippen LogP contribution in [0.15, 0.2) is 18.2 Å². The van der Waals surface area contributed by atoms with E-state index in [-0.39, 0.29) is 5.78 Å². The second-order valence-corrected chi connectivity index (χ2v) is 4.21. The molecule has 0 unspecified atom stereocenters. The molecule has 0 spiro atoms. The highest BCUT2D eigenvalue weighted by Crippen LogP contribution is 2.29. The van der Waals surface area contributed by atoms with E-state index >= 15 is 0 Å². The molecule has 0 atom stereocenters. The average Bonchev–Trinajstić information content (AvgIpc) is 2.35. The fraction of sp³-hybridized carbons (Fsp3) is 0.400.